The van der Waals surface area contributed by atoms with Gasteiger partial charge in [-0.2, -0.15) is 0 Å². The molecule has 13 nitrogen and oxygen atoms in total. The van der Waals surface area contributed by atoms with Gasteiger partial charge in [-0.05, 0) is 51.4 Å². The monoisotopic (exact) mass is 847 g/mol. The summed E-state index contributed by atoms with van der Waals surface area (Å²) in [6, 6.07) is 0. The molecule has 1 aliphatic carbocycles. The van der Waals surface area contributed by atoms with Crippen LogP contribution < -0.4 is 0 Å². The second kappa shape index (κ2) is 34.7. The number of allylic oxidation sites excluding steroid dienone is 6. The molecule has 0 saturated heterocycles. The van der Waals surface area contributed by atoms with Crippen molar-refractivity contribution in [2.24, 2.45) is 0 Å². The lowest BCUT2D eigenvalue weighted by atomic mass is 9.85. The Labute approximate surface area is 348 Å². The molecule has 338 valence electrons. The molecule has 0 spiro atoms. The van der Waals surface area contributed by atoms with Crippen LogP contribution in [0.1, 0.15) is 174 Å². The zero-order valence-corrected chi connectivity index (χ0v) is 36.5. The lowest BCUT2D eigenvalue weighted by Crippen LogP contribution is -2.64. The first-order valence-corrected chi connectivity index (χ1v) is 23.8. The van der Waals surface area contributed by atoms with Gasteiger partial charge in [0, 0.05) is 12.8 Å². The van der Waals surface area contributed by atoms with Crippen LogP contribution in [0.15, 0.2) is 36.5 Å². The van der Waals surface area contributed by atoms with Crippen LogP contribution in [-0.2, 0) is 32.7 Å². The average molecular weight is 847 g/mol. The third-order valence-corrected chi connectivity index (χ3v) is 11.2. The van der Waals surface area contributed by atoms with E-state index >= 15 is 0 Å². The van der Waals surface area contributed by atoms with Crippen molar-refractivity contribution in [1.82, 2.24) is 0 Å². The molecule has 58 heavy (non-hydrogen) atoms. The maximum absolute atomic E-state index is 12.8. The van der Waals surface area contributed by atoms with Crippen molar-refractivity contribution in [3.63, 3.8) is 0 Å². The number of ether oxygens (including phenoxy) is 2. The summed E-state index contributed by atoms with van der Waals surface area (Å²) in [5.74, 6) is -1.17. The molecule has 0 radical (unpaired) electrons. The van der Waals surface area contributed by atoms with Gasteiger partial charge in [-0.25, -0.2) is 4.57 Å². The van der Waals surface area contributed by atoms with Gasteiger partial charge >= 0.3 is 19.8 Å². The Morgan fingerprint density at radius 2 is 0.983 bits per heavy atom. The standard InChI is InChI=1S/C44H79O13P/c1-3-5-7-9-11-13-15-17-19-21-22-24-26-28-30-32-37(45)54-34-36(35-55-58(52,53)57-44-42(50)40(48)39(47)41(49)43(44)51)56-38(46)33-31-29-27-25-23-20-18-16-14-12-10-8-6-4-2/h10,12,16,18,26,28,36,39-44,47-51H,3-9,11,13-15,17,19-25,27,29-35H2,1-2H3,(H,52,53)/b12-10+,18-16+,28-26+/t36-,39?,40-,41?,42?,43?,44?/m0/s1. The zero-order valence-electron chi connectivity index (χ0n) is 35.6. The van der Waals surface area contributed by atoms with Gasteiger partial charge in [-0.3, -0.25) is 18.6 Å². The summed E-state index contributed by atoms with van der Waals surface area (Å²) >= 11 is 0. The summed E-state index contributed by atoms with van der Waals surface area (Å²) in [5, 5.41) is 50.1. The SMILES string of the molecule is CCCC/C=C/C/C=C/CCCCCCCC(=O)O[C@@H](COC(=O)CC/C=C/CCCCCCCCCCCCC)COP(=O)(O)OC1C(O)C(O)C(O)[C@H](O)C1O. The van der Waals surface area contributed by atoms with Crippen LogP contribution in [0.4, 0.5) is 0 Å². The summed E-state index contributed by atoms with van der Waals surface area (Å²) in [7, 11) is -5.12. The highest BCUT2D eigenvalue weighted by molar-refractivity contribution is 7.47. The molecule has 0 aromatic carbocycles. The lowest BCUT2D eigenvalue weighted by molar-refractivity contribution is -0.220. The van der Waals surface area contributed by atoms with E-state index in [0.29, 0.717) is 12.8 Å². The number of carbonyl (C=O) groups is 2. The molecule has 0 aliphatic heterocycles. The molecule has 1 rings (SSSR count). The highest BCUT2D eigenvalue weighted by atomic mass is 31.2. The topological polar surface area (TPSA) is 210 Å². The summed E-state index contributed by atoms with van der Waals surface area (Å²) < 4.78 is 33.4. The van der Waals surface area contributed by atoms with Crippen molar-refractivity contribution in [1.29, 1.82) is 0 Å². The van der Waals surface area contributed by atoms with Gasteiger partial charge in [-0.1, -0.05) is 147 Å². The van der Waals surface area contributed by atoms with E-state index in [1.165, 1.54) is 77.0 Å². The van der Waals surface area contributed by atoms with Gasteiger partial charge in [-0.15, -0.1) is 0 Å². The molecule has 1 fully saturated rings. The van der Waals surface area contributed by atoms with E-state index in [9.17, 15) is 44.6 Å². The largest absolute Gasteiger partial charge is 0.472 e. The van der Waals surface area contributed by atoms with Crippen molar-refractivity contribution < 1.29 is 63.1 Å². The first kappa shape index (κ1) is 54.1. The van der Waals surface area contributed by atoms with E-state index < -0.39 is 75.7 Å². The van der Waals surface area contributed by atoms with Crippen LogP contribution in [0.2, 0.25) is 0 Å². The van der Waals surface area contributed by atoms with Crippen molar-refractivity contribution >= 4 is 19.8 Å². The average Bonchev–Trinajstić information content (AvgIpc) is 3.20. The summed E-state index contributed by atoms with van der Waals surface area (Å²) in [4.78, 5) is 35.6. The molecule has 8 atom stereocenters. The quantitative estimate of drug-likeness (QED) is 0.0152. The highest BCUT2D eigenvalue weighted by Gasteiger charge is 2.51. The van der Waals surface area contributed by atoms with Gasteiger partial charge in [0.2, 0.25) is 0 Å². The third-order valence-electron chi connectivity index (χ3n) is 10.2. The van der Waals surface area contributed by atoms with Crippen LogP contribution in [0, 0.1) is 0 Å². The minimum atomic E-state index is -5.12. The van der Waals surface area contributed by atoms with Gasteiger partial charge in [0.25, 0.3) is 0 Å². The van der Waals surface area contributed by atoms with Crippen LogP contribution >= 0.6 is 7.82 Å². The molecule has 0 heterocycles. The van der Waals surface area contributed by atoms with E-state index in [4.69, 9.17) is 18.5 Å². The Bertz CT molecular complexity index is 1160. The van der Waals surface area contributed by atoms with Crippen molar-refractivity contribution in [2.75, 3.05) is 13.2 Å². The summed E-state index contributed by atoms with van der Waals surface area (Å²) in [6.07, 6.45) is 25.0. The number of unbranched alkanes of at least 4 members (excludes halogenated alkanes) is 18. The number of rotatable bonds is 36. The second-order valence-corrected chi connectivity index (χ2v) is 16.9. The Morgan fingerprint density at radius 1 is 0.534 bits per heavy atom. The van der Waals surface area contributed by atoms with Gasteiger partial charge in [0.1, 0.15) is 43.2 Å². The first-order valence-electron chi connectivity index (χ1n) is 22.3. The Balaban J connectivity index is 2.51. The molecule has 1 saturated carbocycles. The first-order chi connectivity index (χ1) is 27.9. The fraction of sp³-hybridized carbons (Fsp3) is 0.818. The normalized spacial score (nSPS) is 22.8. The fourth-order valence-electron chi connectivity index (χ4n) is 6.56. The van der Waals surface area contributed by atoms with Gasteiger partial charge in [0.05, 0.1) is 6.61 Å². The molecule has 0 aromatic rings. The van der Waals surface area contributed by atoms with E-state index in [0.717, 1.165) is 57.8 Å². The Kier molecular flexibility index (Phi) is 32.4. The number of phosphoric ester groups is 1. The molecule has 0 aromatic heterocycles. The van der Waals surface area contributed by atoms with E-state index in [-0.39, 0.29) is 12.8 Å². The molecule has 0 amide bonds. The van der Waals surface area contributed by atoms with Crippen molar-refractivity contribution in [3.8, 4) is 0 Å². The lowest BCUT2D eigenvalue weighted by Gasteiger charge is -2.41. The predicted molar refractivity (Wildman–Crippen MR) is 226 cm³/mol. The van der Waals surface area contributed by atoms with Crippen LogP contribution in [-0.4, -0.2) is 98.3 Å². The van der Waals surface area contributed by atoms with Crippen molar-refractivity contribution in [2.45, 2.75) is 217 Å². The Morgan fingerprint density at radius 3 is 1.53 bits per heavy atom. The van der Waals surface area contributed by atoms with Crippen LogP contribution in [0.5, 0.6) is 0 Å². The smallest absolute Gasteiger partial charge is 0.462 e. The number of aliphatic hydroxyl groups is 5. The Hall–Kier alpha value is -1.93. The summed E-state index contributed by atoms with van der Waals surface area (Å²) in [5.41, 5.74) is 0. The highest BCUT2D eigenvalue weighted by Crippen LogP contribution is 2.47. The fourth-order valence-corrected chi connectivity index (χ4v) is 7.53. The van der Waals surface area contributed by atoms with E-state index in [2.05, 4.69) is 44.2 Å². The second-order valence-electron chi connectivity index (χ2n) is 15.5. The molecular weight excluding hydrogens is 767 g/mol. The molecule has 1 aliphatic rings. The number of hydrogen-bond donors (Lipinski definition) is 6. The minimum Gasteiger partial charge on any atom is -0.462 e. The van der Waals surface area contributed by atoms with Crippen LogP contribution in [0.3, 0.4) is 0 Å². The predicted octanol–water partition coefficient (Wildman–Crippen LogP) is 8.22. The minimum absolute atomic E-state index is 0.0739. The molecule has 0 bridgehead atoms. The number of phosphoric acid groups is 1. The number of hydrogen-bond acceptors (Lipinski definition) is 12. The zero-order chi connectivity index (χ0) is 42.9. The molecule has 14 heteroatoms. The molecule has 6 N–H and O–H groups in total. The van der Waals surface area contributed by atoms with E-state index in [1.54, 1.807) is 0 Å². The maximum Gasteiger partial charge on any atom is 0.472 e. The number of carbonyl (C=O) groups excluding carboxylic acids is 2. The van der Waals surface area contributed by atoms with Crippen LogP contribution in [0.25, 0.3) is 0 Å². The summed E-state index contributed by atoms with van der Waals surface area (Å²) in [6.45, 7) is 3.20. The van der Waals surface area contributed by atoms with Gasteiger partial charge < -0.3 is 39.9 Å². The van der Waals surface area contributed by atoms with E-state index in [1.807, 2.05) is 6.08 Å². The third kappa shape index (κ3) is 27.0. The number of aliphatic hydroxyl groups excluding tert-OH is 5. The number of esters is 2. The maximum atomic E-state index is 12.8. The molecule has 6 unspecified atom stereocenters. The molecular formula is C44H79O13P. The van der Waals surface area contributed by atoms with Gasteiger partial charge in [0.15, 0.2) is 6.10 Å². The van der Waals surface area contributed by atoms with Crippen molar-refractivity contribution in [3.05, 3.63) is 36.5 Å².